The van der Waals surface area contributed by atoms with E-state index in [9.17, 15) is 18.0 Å². The van der Waals surface area contributed by atoms with Crippen molar-refractivity contribution in [3.63, 3.8) is 0 Å². The van der Waals surface area contributed by atoms with Crippen LogP contribution in [-0.4, -0.2) is 53.3 Å². The molecule has 0 spiro atoms. The first-order valence-electron chi connectivity index (χ1n) is 9.85. The lowest BCUT2D eigenvalue weighted by atomic mass is 9.95. The van der Waals surface area contributed by atoms with Gasteiger partial charge in [0.15, 0.2) is 0 Å². The number of hydrogen-bond acceptors (Lipinski definition) is 3. The predicted octanol–water partition coefficient (Wildman–Crippen LogP) is 4.70. The standard InChI is InChI=1S/C21H29F3N2O2/c1-20(2,3)28-19(27)26(17-9-10-17)13-16-12-25(14-18(16)21(22,23)24)11-15-7-5-4-6-8-15/h4-8,16-18H,9-14H2,1-3H3/t16-,18+/m1/s1. The molecular weight excluding hydrogens is 369 g/mol. The minimum atomic E-state index is -4.28. The third-order valence-electron chi connectivity index (χ3n) is 5.23. The second-order valence-electron chi connectivity index (χ2n) is 8.95. The topological polar surface area (TPSA) is 32.8 Å². The molecule has 28 heavy (non-hydrogen) atoms. The number of likely N-dealkylation sites (tertiary alicyclic amines) is 1. The number of hydrogen-bond donors (Lipinski definition) is 0. The molecule has 3 rings (SSSR count). The van der Waals surface area contributed by atoms with Gasteiger partial charge < -0.3 is 9.64 Å². The lowest BCUT2D eigenvalue weighted by molar-refractivity contribution is -0.181. The molecule has 0 aromatic heterocycles. The van der Waals surface area contributed by atoms with Gasteiger partial charge in [0, 0.05) is 38.1 Å². The fourth-order valence-electron chi connectivity index (χ4n) is 3.82. The molecule has 1 aromatic carbocycles. The Balaban J connectivity index is 1.70. The van der Waals surface area contributed by atoms with Crippen LogP contribution in [0.25, 0.3) is 0 Å². The van der Waals surface area contributed by atoms with Gasteiger partial charge in [-0.3, -0.25) is 4.90 Å². The van der Waals surface area contributed by atoms with Gasteiger partial charge in [-0.1, -0.05) is 30.3 Å². The Labute approximate surface area is 164 Å². The summed E-state index contributed by atoms with van der Waals surface area (Å²) in [7, 11) is 0. The molecule has 2 atom stereocenters. The number of nitrogens with zero attached hydrogens (tertiary/aromatic N) is 2. The molecule has 156 valence electrons. The van der Waals surface area contributed by atoms with E-state index in [0.29, 0.717) is 13.1 Å². The van der Waals surface area contributed by atoms with E-state index in [2.05, 4.69) is 0 Å². The van der Waals surface area contributed by atoms with E-state index >= 15 is 0 Å². The van der Waals surface area contributed by atoms with Crippen LogP contribution >= 0.6 is 0 Å². The number of benzene rings is 1. The number of carbonyl (C=O) groups is 1. The normalized spacial score (nSPS) is 23.6. The van der Waals surface area contributed by atoms with Crippen LogP contribution in [0.1, 0.15) is 39.2 Å². The number of ether oxygens (including phenoxy) is 1. The maximum absolute atomic E-state index is 13.7. The van der Waals surface area contributed by atoms with Crippen molar-refractivity contribution < 1.29 is 22.7 Å². The van der Waals surface area contributed by atoms with Gasteiger partial charge in [0.1, 0.15) is 5.60 Å². The highest BCUT2D eigenvalue weighted by atomic mass is 19.4. The van der Waals surface area contributed by atoms with Crippen LogP contribution in [0.3, 0.4) is 0 Å². The maximum Gasteiger partial charge on any atom is 0.410 e. The minimum Gasteiger partial charge on any atom is -0.444 e. The molecule has 2 aliphatic rings. The van der Waals surface area contributed by atoms with Gasteiger partial charge in [-0.2, -0.15) is 13.2 Å². The summed E-state index contributed by atoms with van der Waals surface area (Å²) in [5, 5.41) is 0. The smallest absolute Gasteiger partial charge is 0.410 e. The monoisotopic (exact) mass is 398 g/mol. The molecule has 0 radical (unpaired) electrons. The number of halogens is 3. The summed E-state index contributed by atoms with van der Waals surface area (Å²) in [5.74, 6) is -2.07. The Hall–Kier alpha value is -1.76. The van der Waals surface area contributed by atoms with Crippen LogP contribution in [0, 0.1) is 11.8 Å². The third-order valence-corrected chi connectivity index (χ3v) is 5.23. The Kier molecular flexibility index (Phi) is 5.94. The minimum absolute atomic E-state index is 0.00640. The van der Waals surface area contributed by atoms with Crippen molar-refractivity contribution in [3.05, 3.63) is 35.9 Å². The molecule has 1 aliphatic carbocycles. The molecule has 2 fully saturated rings. The first-order valence-corrected chi connectivity index (χ1v) is 9.85. The molecule has 4 nitrogen and oxygen atoms in total. The quantitative estimate of drug-likeness (QED) is 0.721. The molecule has 1 aliphatic heterocycles. The molecule has 1 aromatic rings. The summed E-state index contributed by atoms with van der Waals surface area (Å²) in [4.78, 5) is 15.9. The molecule has 1 saturated heterocycles. The van der Waals surface area contributed by atoms with E-state index in [0.717, 1.165) is 18.4 Å². The molecule has 7 heteroatoms. The van der Waals surface area contributed by atoms with Crippen LogP contribution in [0.5, 0.6) is 0 Å². The number of amides is 1. The molecule has 1 heterocycles. The average Bonchev–Trinajstić information content (AvgIpc) is 3.32. The second-order valence-corrected chi connectivity index (χ2v) is 8.95. The average molecular weight is 398 g/mol. The largest absolute Gasteiger partial charge is 0.444 e. The SMILES string of the molecule is CC(C)(C)OC(=O)N(C[C@H]1CN(Cc2ccccc2)C[C@@H]1C(F)(F)F)C1CC1. The van der Waals surface area contributed by atoms with Crippen molar-refractivity contribution in [2.24, 2.45) is 11.8 Å². The van der Waals surface area contributed by atoms with Crippen molar-refractivity contribution in [2.45, 2.75) is 58.0 Å². The van der Waals surface area contributed by atoms with E-state index in [1.54, 1.807) is 20.8 Å². The molecule has 0 unspecified atom stereocenters. The first kappa shape index (κ1) is 21.0. The highest BCUT2D eigenvalue weighted by molar-refractivity contribution is 5.69. The van der Waals surface area contributed by atoms with Gasteiger partial charge >= 0.3 is 12.3 Å². The summed E-state index contributed by atoms with van der Waals surface area (Å²) in [6, 6.07) is 9.53. The lowest BCUT2D eigenvalue weighted by Crippen LogP contribution is -2.44. The van der Waals surface area contributed by atoms with E-state index < -0.39 is 29.7 Å². The maximum atomic E-state index is 13.7. The van der Waals surface area contributed by atoms with Crippen LogP contribution in [0.4, 0.5) is 18.0 Å². The summed E-state index contributed by atoms with van der Waals surface area (Å²) >= 11 is 0. The van der Waals surface area contributed by atoms with Gasteiger partial charge in [-0.25, -0.2) is 4.79 Å². The zero-order valence-corrected chi connectivity index (χ0v) is 16.7. The van der Waals surface area contributed by atoms with Crippen LogP contribution in [-0.2, 0) is 11.3 Å². The van der Waals surface area contributed by atoms with Gasteiger partial charge in [0.2, 0.25) is 0 Å². The fraction of sp³-hybridized carbons (Fsp3) is 0.667. The third kappa shape index (κ3) is 5.63. The Morgan fingerprint density at radius 1 is 1.14 bits per heavy atom. The van der Waals surface area contributed by atoms with Crippen LogP contribution in [0.15, 0.2) is 30.3 Å². The van der Waals surface area contributed by atoms with Crippen molar-refractivity contribution >= 4 is 6.09 Å². The molecule has 1 saturated carbocycles. The number of carbonyl (C=O) groups excluding carboxylic acids is 1. The Bertz CT molecular complexity index is 668. The van der Waals surface area contributed by atoms with E-state index in [1.165, 1.54) is 4.90 Å². The molecular formula is C21H29F3N2O2. The highest BCUT2D eigenvalue weighted by Gasteiger charge is 2.51. The van der Waals surface area contributed by atoms with Gasteiger partial charge in [0.05, 0.1) is 5.92 Å². The van der Waals surface area contributed by atoms with Crippen molar-refractivity contribution in [1.82, 2.24) is 9.80 Å². The summed E-state index contributed by atoms with van der Waals surface area (Å²) < 4.78 is 46.5. The summed E-state index contributed by atoms with van der Waals surface area (Å²) in [5.41, 5.74) is 0.332. The Morgan fingerprint density at radius 2 is 1.79 bits per heavy atom. The zero-order valence-electron chi connectivity index (χ0n) is 16.7. The van der Waals surface area contributed by atoms with Crippen molar-refractivity contribution in [2.75, 3.05) is 19.6 Å². The lowest BCUT2D eigenvalue weighted by Gasteiger charge is -2.31. The summed E-state index contributed by atoms with van der Waals surface area (Å²) in [6.07, 6.45) is -3.12. The van der Waals surface area contributed by atoms with E-state index in [1.807, 2.05) is 35.2 Å². The van der Waals surface area contributed by atoms with Crippen LogP contribution < -0.4 is 0 Å². The second kappa shape index (κ2) is 7.93. The number of rotatable bonds is 5. The number of alkyl halides is 3. The van der Waals surface area contributed by atoms with Crippen molar-refractivity contribution in [3.8, 4) is 0 Å². The van der Waals surface area contributed by atoms with E-state index in [-0.39, 0.29) is 19.1 Å². The highest BCUT2D eigenvalue weighted by Crippen LogP contribution is 2.40. The van der Waals surface area contributed by atoms with Crippen LogP contribution in [0.2, 0.25) is 0 Å². The van der Waals surface area contributed by atoms with Gasteiger partial charge in [0.25, 0.3) is 0 Å². The Morgan fingerprint density at radius 3 is 2.32 bits per heavy atom. The van der Waals surface area contributed by atoms with Gasteiger partial charge in [-0.15, -0.1) is 0 Å². The molecule has 1 amide bonds. The van der Waals surface area contributed by atoms with E-state index in [4.69, 9.17) is 4.74 Å². The zero-order chi connectivity index (χ0) is 20.5. The predicted molar refractivity (Wildman–Crippen MR) is 101 cm³/mol. The van der Waals surface area contributed by atoms with Crippen molar-refractivity contribution in [1.29, 1.82) is 0 Å². The first-order chi connectivity index (χ1) is 13.0. The molecule has 0 bridgehead atoms. The fourth-order valence-corrected chi connectivity index (χ4v) is 3.82. The molecule has 0 N–H and O–H groups in total. The summed E-state index contributed by atoms with van der Waals surface area (Å²) in [6.45, 7) is 6.18. The van der Waals surface area contributed by atoms with Gasteiger partial charge in [-0.05, 0) is 39.2 Å².